The summed E-state index contributed by atoms with van der Waals surface area (Å²) in [4.78, 5) is 0. The average Bonchev–Trinajstić information content (AvgIpc) is 2.66. The second-order valence-corrected chi connectivity index (χ2v) is 10.2. The van der Waals surface area contributed by atoms with Crippen LogP contribution < -0.4 is 31.0 Å². The van der Waals surface area contributed by atoms with E-state index < -0.39 is 0 Å². The van der Waals surface area contributed by atoms with E-state index in [1.807, 2.05) is 0 Å². The predicted octanol–water partition coefficient (Wildman–Crippen LogP) is 2.65. The van der Waals surface area contributed by atoms with Gasteiger partial charge in [0.2, 0.25) is 0 Å². The molecule has 1 saturated carbocycles. The third-order valence-electron chi connectivity index (χ3n) is 5.02. The molecule has 2 rings (SSSR count). The maximum atomic E-state index is 6.18. The van der Waals surface area contributed by atoms with Crippen LogP contribution in [0, 0.1) is 3.57 Å². The molecule has 0 unspecified atom stereocenters. The van der Waals surface area contributed by atoms with Gasteiger partial charge in [-0.05, 0) is 0 Å². The first-order valence-electron chi connectivity index (χ1n) is 10.4. The van der Waals surface area contributed by atoms with E-state index in [9.17, 15) is 0 Å². The molecule has 1 fully saturated rings. The Morgan fingerprint density at radius 2 is 1.88 bits per heavy atom. The number of hydrogen-bond donors (Lipinski definition) is 0. The molecular formula is C22H37INO2-. The van der Waals surface area contributed by atoms with Crippen molar-refractivity contribution in [1.82, 2.24) is 3.11 Å². The molecule has 26 heavy (non-hydrogen) atoms. The molecule has 0 radical (unpaired) electrons. The van der Waals surface area contributed by atoms with Gasteiger partial charge in [0.05, 0.1) is 0 Å². The van der Waals surface area contributed by atoms with E-state index in [1.54, 1.807) is 7.11 Å². The second kappa shape index (κ2) is 11.4. The monoisotopic (exact) mass is 474 g/mol. The van der Waals surface area contributed by atoms with E-state index in [0.29, 0.717) is 6.04 Å². The number of nitrogens with zero attached hydrogens (tertiary/aromatic N) is 1. The van der Waals surface area contributed by atoms with Crippen LogP contribution in [0.15, 0.2) is 12.1 Å². The summed E-state index contributed by atoms with van der Waals surface area (Å²) in [5.74, 6) is 2.14. The summed E-state index contributed by atoms with van der Waals surface area (Å²) >= 11 is -0.266. The Balaban J connectivity index is 2.33. The van der Waals surface area contributed by atoms with Crippen molar-refractivity contribution in [2.24, 2.45) is 0 Å². The predicted molar refractivity (Wildman–Crippen MR) is 105 cm³/mol. The SMILES string of the molecule is CCCCc1cc(OC)cc([I-]N(C(C)C)C2CCCCC2)c1OCC. The van der Waals surface area contributed by atoms with Crippen molar-refractivity contribution >= 4 is 0 Å². The number of rotatable bonds is 10. The number of aryl methyl sites for hydroxylation is 1. The van der Waals surface area contributed by atoms with Crippen LogP contribution in [-0.2, 0) is 6.42 Å². The summed E-state index contributed by atoms with van der Waals surface area (Å²) < 4.78 is 16.0. The van der Waals surface area contributed by atoms with Gasteiger partial charge in [-0.25, -0.2) is 0 Å². The second-order valence-electron chi connectivity index (χ2n) is 7.45. The van der Waals surface area contributed by atoms with E-state index in [0.717, 1.165) is 30.6 Å². The van der Waals surface area contributed by atoms with Gasteiger partial charge in [-0.3, -0.25) is 0 Å². The number of hydrogen-bond acceptors (Lipinski definition) is 3. The number of methoxy groups -OCH3 is 1. The molecule has 0 aromatic heterocycles. The minimum atomic E-state index is -0.266. The van der Waals surface area contributed by atoms with Gasteiger partial charge in [-0.2, -0.15) is 0 Å². The Morgan fingerprint density at radius 1 is 1.15 bits per heavy atom. The first-order chi connectivity index (χ1) is 12.6. The Labute approximate surface area is 171 Å². The fourth-order valence-corrected chi connectivity index (χ4v) is 6.96. The Hall–Kier alpha value is -0.490. The Morgan fingerprint density at radius 3 is 2.46 bits per heavy atom. The molecule has 1 aromatic carbocycles. The van der Waals surface area contributed by atoms with Crippen LogP contribution in [0.25, 0.3) is 0 Å². The first kappa shape index (κ1) is 21.8. The zero-order chi connectivity index (χ0) is 18.9. The Kier molecular flexibility index (Phi) is 9.54. The molecule has 150 valence electrons. The van der Waals surface area contributed by atoms with Crippen LogP contribution in [0.4, 0.5) is 0 Å². The van der Waals surface area contributed by atoms with E-state index >= 15 is 0 Å². The van der Waals surface area contributed by atoms with E-state index in [4.69, 9.17) is 9.47 Å². The minimum absolute atomic E-state index is 0.266. The zero-order valence-electron chi connectivity index (χ0n) is 17.3. The fraction of sp³-hybridized carbons (Fsp3) is 0.727. The summed E-state index contributed by atoms with van der Waals surface area (Å²) in [5.41, 5.74) is 1.33. The van der Waals surface area contributed by atoms with Gasteiger partial charge in [0.1, 0.15) is 0 Å². The molecule has 0 heterocycles. The number of halogens is 1. The van der Waals surface area contributed by atoms with Gasteiger partial charge >= 0.3 is 172 Å². The van der Waals surface area contributed by atoms with E-state index in [2.05, 4.69) is 42.9 Å². The van der Waals surface area contributed by atoms with Crippen molar-refractivity contribution in [3.05, 3.63) is 21.3 Å². The van der Waals surface area contributed by atoms with Crippen LogP contribution in [0.2, 0.25) is 0 Å². The molecule has 0 amide bonds. The molecular weight excluding hydrogens is 437 g/mol. The van der Waals surface area contributed by atoms with Crippen molar-refractivity contribution in [2.75, 3.05) is 13.7 Å². The van der Waals surface area contributed by atoms with Crippen LogP contribution in [-0.4, -0.2) is 28.9 Å². The molecule has 1 aliphatic rings. The third-order valence-corrected chi connectivity index (χ3v) is 8.80. The summed E-state index contributed by atoms with van der Waals surface area (Å²) in [7, 11) is 1.78. The standard InChI is InChI=1S/C22H37INO2/c1-6-8-12-18-15-20(25-5)16-21(22(18)26-7-2)23-24(17(3)4)19-13-10-9-11-14-19/h15-17,19H,6-14H2,1-5H3/q-1. The van der Waals surface area contributed by atoms with E-state index in [-0.39, 0.29) is 21.5 Å². The molecule has 0 spiro atoms. The van der Waals surface area contributed by atoms with Gasteiger partial charge in [0, 0.05) is 0 Å². The van der Waals surface area contributed by atoms with Crippen LogP contribution in [0.1, 0.15) is 78.2 Å². The van der Waals surface area contributed by atoms with Gasteiger partial charge < -0.3 is 0 Å². The van der Waals surface area contributed by atoms with Crippen molar-refractivity contribution in [3.8, 4) is 11.5 Å². The quantitative estimate of drug-likeness (QED) is 0.385. The molecule has 0 bridgehead atoms. The van der Waals surface area contributed by atoms with Crippen molar-refractivity contribution in [2.45, 2.75) is 91.1 Å². The topological polar surface area (TPSA) is 21.7 Å². The Bertz CT molecular complexity index is 541. The maximum absolute atomic E-state index is 6.18. The van der Waals surface area contributed by atoms with Gasteiger partial charge in [-0.15, -0.1) is 0 Å². The molecule has 4 heteroatoms. The van der Waals surface area contributed by atoms with Crippen LogP contribution in [0.5, 0.6) is 11.5 Å². The molecule has 0 saturated heterocycles. The van der Waals surface area contributed by atoms with Crippen molar-refractivity contribution in [3.63, 3.8) is 0 Å². The van der Waals surface area contributed by atoms with Crippen LogP contribution >= 0.6 is 0 Å². The molecule has 0 aliphatic heterocycles. The fourth-order valence-electron chi connectivity index (χ4n) is 3.68. The van der Waals surface area contributed by atoms with Crippen molar-refractivity contribution in [1.29, 1.82) is 0 Å². The summed E-state index contributed by atoms with van der Waals surface area (Å²) in [5, 5.41) is 0. The van der Waals surface area contributed by atoms with Crippen molar-refractivity contribution < 1.29 is 31.0 Å². The van der Waals surface area contributed by atoms with E-state index in [1.165, 1.54) is 54.1 Å². The van der Waals surface area contributed by atoms with Gasteiger partial charge in [0.25, 0.3) is 0 Å². The molecule has 1 aliphatic carbocycles. The number of benzene rings is 1. The van der Waals surface area contributed by atoms with Gasteiger partial charge in [0.15, 0.2) is 0 Å². The zero-order valence-corrected chi connectivity index (χ0v) is 19.5. The molecule has 3 nitrogen and oxygen atoms in total. The first-order valence-corrected chi connectivity index (χ1v) is 12.4. The summed E-state index contributed by atoms with van der Waals surface area (Å²) in [6, 6.07) is 5.77. The number of ether oxygens (including phenoxy) is 2. The molecule has 0 N–H and O–H groups in total. The van der Waals surface area contributed by atoms with Crippen LogP contribution in [0.3, 0.4) is 0 Å². The summed E-state index contributed by atoms with van der Waals surface area (Å²) in [6.07, 6.45) is 10.4. The van der Waals surface area contributed by atoms with Gasteiger partial charge in [-0.1, -0.05) is 0 Å². The number of unbranched alkanes of at least 4 members (excludes halogenated alkanes) is 1. The summed E-state index contributed by atoms with van der Waals surface area (Å²) in [6.45, 7) is 9.78. The molecule has 0 atom stereocenters. The normalized spacial score (nSPS) is 15.8. The third kappa shape index (κ3) is 6.01. The molecule has 1 aromatic rings. The average molecular weight is 474 g/mol.